The standard InChI is InChI=1S/C20H30O4/c1-17(2)20(22)24-16-10-8-6-4-3-5-7-9-15-23-19-13-11-18(21)12-14-19/h11-14,21H,1,3-10,15-16H2,2H3. The molecule has 0 aliphatic carbocycles. The molecular weight excluding hydrogens is 304 g/mol. The highest BCUT2D eigenvalue weighted by molar-refractivity contribution is 5.86. The summed E-state index contributed by atoms with van der Waals surface area (Å²) < 4.78 is 10.7. The monoisotopic (exact) mass is 334 g/mol. The van der Waals surface area contributed by atoms with Crippen LogP contribution >= 0.6 is 0 Å². The summed E-state index contributed by atoms with van der Waals surface area (Å²) in [6, 6.07) is 6.83. The van der Waals surface area contributed by atoms with Gasteiger partial charge in [0.2, 0.25) is 0 Å². The topological polar surface area (TPSA) is 55.8 Å². The first-order valence-corrected chi connectivity index (χ1v) is 8.84. The Bertz CT molecular complexity index is 479. The Morgan fingerprint density at radius 1 is 0.917 bits per heavy atom. The average molecular weight is 334 g/mol. The molecule has 134 valence electrons. The number of aromatic hydroxyl groups is 1. The first kappa shape index (κ1) is 20.1. The predicted octanol–water partition coefficient (Wildman–Crippen LogP) is 5.01. The van der Waals surface area contributed by atoms with Gasteiger partial charge in [0.15, 0.2) is 0 Å². The van der Waals surface area contributed by atoms with Crippen molar-refractivity contribution in [2.24, 2.45) is 0 Å². The van der Waals surface area contributed by atoms with Crippen molar-refractivity contribution in [2.45, 2.75) is 58.3 Å². The zero-order chi connectivity index (χ0) is 17.6. The summed E-state index contributed by atoms with van der Waals surface area (Å²) in [7, 11) is 0. The number of esters is 1. The largest absolute Gasteiger partial charge is 0.508 e. The van der Waals surface area contributed by atoms with Gasteiger partial charge < -0.3 is 14.6 Å². The van der Waals surface area contributed by atoms with E-state index in [1.165, 1.54) is 32.1 Å². The number of hydrogen-bond donors (Lipinski definition) is 1. The highest BCUT2D eigenvalue weighted by Crippen LogP contribution is 2.16. The van der Waals surface area contributed by atoms with Crippen molar-refractivity contribution in [3.05, 3.63) is 36.4 Å². The molecule has 0 heterocycles. The molecule has 0 saturated heterocycles. The van der Waals surface area contributed by atoms with E-state index in [0.717, 1.165) is 31.6 Å². The van der Waals surface area contributed by atoms with Crippen LogP contribution < -0.4 is 4.74 Å². The van der Waals surface area contributed by atoms with Gasteiger partial charge in [0, 0.05) is 5.57 Å². The van der Waals surface area contributed by atoms with E-state index in [9.17, 15) is 9.90 Å². The van der Waals surface area contributed by atoms with Crippen molar-refractivity contribution >= 4 is 5.97 Å². The van der Waals surface area contributed by atoms with Gasteiger partial charge in [-0.25, -0.2) is 4.79 Å². The van der Waals surface area contributed by atoms with Gasteiger partial charge in [-0.1, -0.05) is 45.1 Å². The van der Waals surface area contributed by atoms with Gasteiger partial charge >= 0.3 is 5.97 Å². The van der Waals surface area contributed by atoms with Crippen molar-refractivity contribution in [1.29, 1.82) is 0 Å². The molecule has 0 bridgehead atoms. The summed E-state index contributed by atoms with van der Waals surface area (Å²) in [6.07, 6.45) is 9.15. The third-order valence-corrected chi connectivity index (χ3v) is 3.73. The van der Waals surface area contributed by atoms with E-state index >= 15 is 0 Å². The molecule has 1 N–H and O–H groups in total. The molecule has 4 nitrogen and oxygen atoms in total. The Labute approximate surface area is 145 Å². The molecule has 0 amide bonds. The molecule has 4 heteroatoms. The molecule has 1 aromatic rings. The fraction of sp³-hybridized carbons (Fsp3) is 0.550. The number of phenolic OH excluding ortho intramolecular Hbond substituents is 1. The molecular formula is C20H30O4. The second-order valence-corrected chi connectivity index (χ2v) is 6.09. The zero-order valence-electron chi connectivity index (χ0n) is 14.8. The Morgan fingerprint density at radius 2 is 1.42 bits per heavy atom. The quantitative estimate of drug-likeness (QED) is 0.313. The van der Waals surface area contributed by atoms with E-state index in [4.69, 9.17) is 9.47 Å². The molecule has 0 atom stereocenters. The van der Waals surface area contributed by atoms with E-state index in [-0.39, 0.29) is 11.7 Å². The maximum absolute atomic E-state index is 11.2. The maximum atomic E-state index is 11.2. The lowest BCUT2D eigenvalue weighted by molar-refractivity contribution is -0.139. The molecule has 1 rings (SSSR count). The van der Waals surface area contributed by atoms with Crippen molar-refractivity contribution in [1.82, 2.24) is 0 Å². The second kappa shape index (κ2) is 12.5. The van der Waals surface area contributed by atoms with E-state index in [2.05, 4.69) is 6.58 Å². The van der Waals surface area contributed by atoms with Gasteiger partial charge in [0.1, 0.15) is 11.5 Å². The van der Waals surface area contributed by atoms with Crippen LogP contribution in [0.2, 0.25) is 0 Å². The van der Waals surface area contributed by atoms with Crippen LogP contribution in [0.25, 0.3) is 0 Å². The Hall–Kier alpha value is -1.97. The van der Waals surface area contributed by atoms with Crippen LogP contribution in [0.3, 0.4) is 0 Å². The van der Waals surface area contributed by atoms with E-state index in [1.807, 2.05) is 0 Å². The van der Waals surface area contributed by atoms with Crippen molar-refractivity contribution in [3.8, 4) is 11.5 Å². The summed E-state index contributed by atoms with van der Waals surface area (Å²) in [4.78, 5) is 11.2. The molecule has 0 saturated carbocycles. The SMILES string of the molecule is C=C(C)C(=O)OCCCCCCCCCCOc1ccc(O)cc1. The number of carbonyl (C=O) groups is 1. The normalized spacial score (nSPS) is 10.4. The lowest BCUT2D eigenvalue weighted by Gasteiger charge is -2.06. The van der Waals surface area contributed by atoms with E-state index in [1.54, 1.807) is 31.2 Å². The number of unbranched alkanes of at least 4 members (excludes halogenated alkanes) is 7. The van der Waals surface area contributed by atoms with Crippen molar-refractivity contribution < 1.29 is 19.4 Å². The number of benzene rings is 1. The first-order valence-electron chi connectivity index (χ1n) is 8.84. The van der Waals surface area contributed by atoms with Crippen LogP contribution in [0.5, 0.6) is 11.5 Å². The van der Waals surface area contributed by atoms with Crippen LogP contribution in [0.15, 0.2) is 36.4 Å². The Morgan fingerprint density at radius 3 is 1.96 bits per heavy atom. The smallest absolute Gasteiger partial charge is 0.333 e. The Kier molecular flexibility index (Phi) is 10.4. The van der Waals surface area contributed by atoms with Crippen LogP contribution in [0.1, 0.15) is 58.3 Å². The highest BCUT2D eigenvalue weighted by atomic mass is 16.5. The molecule has 0 unspecified atom stereocenters. The molecule has 0 aliphatic rings. The number of hydrogen-bond acceptors (Lipinski definition) is 4. The minimum Gasteiger partial charge on any atom is -0.508 e. The molecule has 0 radical (unpaired) electrons. The maximum Gasteiger partial charge on any atom is 0.333 e. The van der Waals surface area contributed by atoms with Gasteiger partial charge in [-0.3, -0.25) is 0 Å². The summed E-state index contributed by atoms with van der Waals surface area (Å²) in [5, 5.41) is 9.18. The molecule has 0 aromatic heterocycles. The second-order valence-electron chi connectivity index (χ2n) is 6.09. The third kappa shape index (κ3) is 9.93. The molecule has 0 fully saturated rings. The van der Waals surface area contributed by atoms with Gasteiger partial charge in [0.05, 0.1) is 13.2 Å². The fourth-order valence-electron chi connectivity index (χ4n) is 2.29. The predicted molar refractivity (Wildman–Crippen MR) is 96.3 cm³/mol. The molecule has 24 heavy (non-hydrogen) atoms. The third-order valence-electron chi connectivity index (χ3n) is 3.73. The number of rotatable bonds is 13. The van der Waals surface area contributed by atoms with Crippen molar-refractivity contribution in [3.63, 3.8) is 0 Å². The minimum atomic E-state index is -0.287. The summed E-state index contributed by atoms with van der Waals surface area (Å²) in [5.41, 5.74) is 0.462. The number of carbonyl (C=O) groups excluding carboxylic acids is 1. The summed E-state index contributed by atoms with van der Waals surface area (Å²) in [5.74, 6) is 0.779. The van der Waals surface area contributed by atoms with Crippen LogP contribution in [0.4, 0.5) is 0 Å². The van der Waals surface area contributed by atoms with E-state index < -0.39 is 0 Å². The molecule has 0 spiro atoms. The average Bonchev–Trinajstić information content (AvgIpc) is 2.57. The van der Waals surface area contributed by atoms with Crippen LogP contribution in [-0.4, -0.2) is 24.3 Å². The van der Waals surface area contributed by atoms with Crippen molar-refractivity contribution in [2.75, 3.05) is 13.2 Å². The summed E-state index contributed by atoms with van der Waals surface area (Å²) >= 11 is 0. The molecule has 1 aromatic carbocycles. The van der Waals surface area contributed by atoms with Gasteiger partial charge in [-0.05, 0) is 44.0 Å². The zero-order valence-corrected chi connectivity index (χ0v) is 14.8. The van der Waals surface area contributed by atoms with Crippen LogP contribution in [0, 0.1) is 0 Å². The highest BCUT2D eigenvalue weighted by Gasteiger charge is 2.01. The lowest BCUT2D eigenvalue weighted by Crippen LogP contribution is -2.05. The van der Waals surface area contributed by atoms with Gasteiger partial charge in [-0.15, -0.1) is 0 Å². The van der Waals surface area contributed by atoms with E-state index in [0.29, 0.717) is 12.2 Å². The summed E-state index contributed by atoms with van der Waals surface area (Å²) in [6.45, 7) is 6.44. The Balaban J connectivity index is 1.83. The fourth-order valence-corrected chi connectivity index (χ4v) is 2.29. The van der Waals surface area contributed by atoms with Crippen LogP contribution in [-0.2, 0) is 9.53 Å². The lowest BCUT2D eigenvalue weighted by atomic mass is 10.1. The van der Waals surface area contributed by atoms with Gasteiger partial charge in [-0.2, -0.15) is 0 Å². The minimum absolute atomic E-state index is 0.260. The number of phenols is 1. The molecule has 0 aliphatic heterocycles. The number of ether oxygens (including phenoxy) is 2. The van der Waals surface area contributed by atoms with Gasteiger partial charge in [0.25, 0.3) is 0 Å². The first-order chi connectivity index (χ1) is 11.6.